The highest BCUT2D eigenvalue weighted by Crippen LogP contribution is 2.19. The molecule has 1 fully saturated rings. The van der Waals surface area contributed by atoms with Crippen LogP contribution in [0.15, 0.2) is 53.4 Å². The summed E-state index contributed by atoms with van der Waals surface area (Å²) in [6, 6.07) is 13.7. The first-order valence-corrected chi connectivity index (χ1v) is 13.7. The molecule has 0 aromatic heterocycles. The van der Waals surface area contributed by atoms with Gasteiger partial charge in [-0.05, 0) is 51.3 Å². The highest BCUT2D eigenvalue weighted by Gasteiger charge is 2.31. The molecule has 1 aliphatic rings. The summed E-state index contributed by atoms with van der Waals surface area (Å²) in [5, 5.41) is 3.10. The second kappa shape index (κ2) is 11.8. The van der Waals surface area contributed by atoms with E-state index in [-0.39, 0.29) is 29.9 Å². The minimum absolute atomic E-state index is 0.125. The molecule has 190 valence electrons. The molecule has 1 N–H and O–H groups in total. The molecule has 0 radical (unpaired) electrons. The molecule has 3 rings (SSSR count). The number of rotatable bonds is 9. The van der Waals surface area contributed by atoms with Gasteiger partial charge in [-0.25, -0.2) is 8.42 Å². The van der Waals surface area contributed by atoms with Gasteiger partial charge in [0.1, 0.15) is 6.04 Å². The summed E-state index contributed by atoms with van der Waals surface area (Å²) >= 11 is 0. The first kappa shape index (κ1) is 26.9. The third kappa shape index (κ3) is 7.15. The number of hydrogen-bond donors (Lipinski definition) is 1. The third-order valence-electron chi connectivity index (χ3n) is 6.68. The van der Waals surface area contributed by atoms with Crippen LogP contribution < -0.4 is 5.32 Å². The van der Waals surface area contributed by atoms with E-state index in [1.807, 2.05) is 38.1 Å². The first-order chi connectivity index (χ1) is 16.6. The zero-order valence-corrected chi connectivity index (χ0v) is 22.0. The molecule has 0 bridgehead atoms. The maximum Gasteiger partial charge on any atom is 0.243 e. The van der Waals surface area contributed by atoms with Gasteiger partial charge in [0, 0.05) is 19.6 Å². The number of likely N-dealkylation sites (N-methyl/N-ethyl adjacent to an activating group) is 1. The number of hydrogen-bond acceptors (Lipinski definition) is 4. The van der Waals surface area contributed by atoms with E-state index < -0.39 is 22.0 Å². The van der Waals surface area contributed by atoms with Crippen molar-refractivity contribution in [3.05, 3.63) is 65.2 Å². The van der Waals surface area contributed by atoms with Crippen molar-refractivity contribution in [3.8, 4) is 0 Å². The van der Waals surface area contributed by atoms with E-state index in [0.717, 1.165) is 46.7 Å². The summed E-state index contributed by atoms with van der Waals surface area (Å²) in [6.07, 6.45) is 5.26. The van der Waals surface area contributed by atoms with Crippen LogP contribution in [0.1, 0.15) is 55.7 Å². The smallest absolute Gasteiger partial charge is 0.243 e. The largest absolute Gasteiger partial charge is 0.352 e. The maximum absolute atomic E-state index is 13.4. The van der Waals surface area contributed by atoms with E-state index in [9.17, 15) is 18.0 Å². The van der Waals surface area contributed by atoms with Crippen molar-refractivity contribution >= 4 is 21.8 Å². The summed E-state index contributed by atoms with van der Waals surface area (Å²) in [5.74, 6) is -0.628. The van der Waals surface area contributed by atoms with E-state index in [1.54, 1.807) is 19.1 Å². The Morgan fingerprint density at radius 1 is 0.943 bits per heavy atom. The monoisotopic (exact) mass is 499 g/mol. The molecule has 0 unspecified atom stereocenters. The van der Waals surface area contributed by atoms with Crippen LogP contribution in [0.25, 0.3) is 0 Å². The number of carbonyl (C=O) groups is 2. The Balaban J connectivity index is 1.78. The zero-order valence-electron chi connectivity index (χ0n) is 21.2. The number of benzene rings is 2. The fourth-order valence-corrected chi connectivity index (χ4v) is 5.42. The van der Waals surface area contributed by atoms with Gasteiger partial charge in [0.25, 0.3) is 0 Å². The molecular formula is C27H37N3O4S. The van der Waals surface area contributed by atoms with E-state index >= 15 is 0 Å². The van der Waals surface area contributed by atoms with Crippen LogP contribution in [0.3, 0.4) is 0 Å². The number of nitrogens with one attached hydrogen (secondary N) is 1. The van der Waals surface area contributed by atoms with Gasteiger partial charge in [0.15, 0.2) is 0 Å². The van der Waals surface area contributed by atoms with E-state index in [2.05, 4.69) is 5.32 Å². The van der Waals surface area contributed by atoms with Gasteiger partial charge in [-0.2, -0.15) is 4.31 Å². The summed E-state index contributed by atoms with van der Waals surface area (Å²) in [7, 11) is -2.45. The molecule has 2 aromatic carbocycles. The second-order valence-electron chi connectivity index (χ2n) is 9.60. The van der Waals surface area contributed by atoms with E-state index in [1.165, 1.54) is 30.5 Å². The lowest BCUT2D eigenvalue weighted by Crippen LogP contribution is -2.52. The predicted octanol–water partition coefficient (Wildman–Crippen LogP) is 3.79. The number of aryl methyl sites for hydroxylation is 2. The van der Waals surface area contributed by atoms with Gasteiger partial charge in [-0.3, -0.25) is 9.59 Å². The number of nitrogens with zero attached hydrogens (tertiary/aromatic N) is 2. The highest BCUT2D eigenvalue weighted by atomic mass is 32.2. The van der Waals surface area contributed by atoms with E-state index in [0.29, 0.717) is 0 Å². The minimum Gasteiger partial charge on any atom is -0.352 e. The summed E-state index contributed by atoms with van der Waals surface area (Å²) in [6.45, 7) is 5.43. The predicted molar refractivity (Wildman–Crippen MR) is 137 cm³/mol. The lowest BCUT2D eigenvalue weighted by molar-refractivity contribution is -0.141. The molecule has 1 atom stereocenters. The Labute approximate surface area is 209 Å². The van der Waals surface area contributed by atoms with Crippen LogP contribution in [0.2, 0.25) is 0 Å². The Morgan fingerprint density at radius 2 is 1.49 bits per heavy atom. The molecular weight excluding hydrogens is 462 g/mol. The summed E-state index contributed by atoms with van der Waals surface area (Å²) in [4.78, 5) is 28.1. The molecule has 35 heavy (non-hydrogen) atoms. The van der Waals surface area contributed by atoms with Crippen LogP contribution in [-0.4, -0.2) is 55.1 Å². The first-order valence-electron chi connectivity index (χ1n) is 12.3. The Hall–Kier alpha value is -2.71. The van der Waals surface area contributed by atoms with Gasteiger partial charge < -0.3 is 10.2 Å². The van der Waals surface area contributed by atoms with Crippen molar-refractivity contribution < 1.29 is 18.0 Å². The Morgan fingerprint density at radius 3 is 2.06 bits per heavy atom. The quantitative estimate of drug-likeness (QED) is 0.569. The fourth-order valence-electron chi connectivity index (χ4n) is 4.30. The van der Waals surface area contributed by atoms with Gasteiger partial charge in [0.2, 0.25) is 21.8 Å². The Bertz CT molecular complexity index is 1110. The average Bonchev–Trinajstić information content (AvgIpc) is 2.84. The lowest BCUT2D eigenvalue weighted by atomic mass is 9.95. The topological polar surface area (TPSA) is 86.8 Å². The molecule has 0 aliphatic heterocycles. The van der Waals surface area contributed by atoms with Crippen molar-refractivity contribution in [1.29, 1.82) is 0 Å². The average molecular weight is 500 g/mol. The molecule has 2 amide bonds. The molecule has 1 aliphatic carbocycles. The minimum atomic E-state index is -3.85. The Kier molecular flexibility index (Phi) is 9.08. The molecule has 0 heterocycles. The zero-order chi connectivity index (χ0) is 25.6. The van der Waals surface area contributed by atoms with Crippen LogP contribution in [0.5, 0.6) is 0 Å². The van der Waals surface area contributed by atoms with Crippen molar-refractivity contribution in [3.63, 3.8) is 0 Å². The standard InChI is InChI=1S/C27H37N3O4S/c1-20-10-14-23(15-11-20)18-30(22(3)27(32)28-24-8-6-5-7-9-24)26(31)19-29(4)35(33,34)25-16-12-21(2)13-17-25/h10-17,22,24H,5-9,18-19H2,1-4H3,(H,28,32)/t22-/m1/s1. The van der Waals surface area contributed by atoms with Gasteiger partial charge >= 0.3 is 0 Å². The van der Waals surface area contributed by atoms with Gasteiger partial charge in [-0.15, -0.1) is 0 Å². The van der Waals surface area contributed by atoms with Crippen LogP contribution >= 0.6 is 0 Å². The van der Waals surface area contributed by atoms with Crippen LogP contribution in [-0.2, 0) is 26.2 Å². The maximum atomic E-state index is 13.4. The molecule has 8 heteroatoms. The van der Waals surface area contributed by atoms with E-state index in [4.69, 9.17) is 0 Å². The lowest BCUT2D eigenvalue weighted by Gasteiger charge is -2.32. The van der Waals surface area contributed by atoms with Gasteiger partial charge in [-0.1, -0.05) is 66.8 Å². The SMILES string of the molecule is Cc1ccc(CN(C(=O)CN(C)S(=O)(=O)c2ccc(C)cc2)[C@H](C)C(=O)NC2CCCCC2)cc1. The third-order valence-corrected chi connectivity index (χ3v) is 8.50. The molecule has 7 nitrogen and oxygen atoms in total. The summed E-state index contributed by atoms with van der Waals surface area (Å²) in [5.41, 5.74) is 2.92. The fraction of sp³-hybridized carbons (Fsp3) is 0.481. The number of sulfonamides is 1. The van der Waals surface area contributed by atoms with Crippen LogP contribution in [0.4, 0.5) is 0 Å². The number of amides is 2. The van der Waals surface area contributed by atoms with Crippen molar-refractivity contribution in [2.45, 2.75) is 76.4 Å². The molecule has 1 saturated carbocycles. The molecule has 2 aromatic rings. The second-order valence-corrected chi connectivity index (χ2v) is 11.6. The summed E-state index contributed by atoms with van der Waals surface area (Å²) < 4.78 is 27.1. The number of carbonyl (C=O) groups excluding carboxylic acids is 2. The molecule has 0 saturated heterocycles. The van der Waals surface area contributed by atoms with Crippen molar-refractivity contribution in [2.75, 3.05) is 13.6 Å². The normalized spacial score (nSPS) is 15.6. The molecule has 0 spiro atoms. The van der Waals surface area contributed by atoms with Crippen molar-refractivity contribution in [2.24, 2.45) is 0 Å². The van der Waals surface area contributed by atoms with Gasteiger partial charge in [0.05, 0.1) is 11.4 Å². The van der Waals surface area contributed by atoms with Crippen LogP contribution in [0, 0.1) is 13.8 Å². The highest BCUT2D eigenvalue weighted by molar-refractivity contribution is 7.89. The van der Waals surface area contributed by atoms with Crippen molar-refractivity contribution in [1.82, 2.24) is 14.5 Å².